The molecular formula is C10H9F3O3. The van der Waals surface area contributed by atoms with Gasteiger partial charge < -0.3 is 9.84 Å². The molecule has 3 nitrogen and oxygen atoms in total. The highest BCUT2D eigenvalue weighted by Crippen LogP contribution is 2.17. The van der Waals surface area contributed by atoms with Gasteiger partial charge in [0.1, 0.15) is 5.75 Å². The van der Waals surface area contributed by atoms with Gasteiger partial charge in [0.15, 0.2) is 6.67 Å². The first kappa shape index (κ1) is 12.4. The number of carbonyl (C=O) groups is 1. The van der Waals surface area contributed by atoms with Crippen molar-refractivity contribution in [3.63, 3.8) is 0 Å². The van der Waals surface area contributed by atoms with E-state index in [0.717, 1.165) is 0 Å². The number of phenolic OH excluding ortho intramolecular Hbond substituents is 1. The van der Waals surface area contributed by atoms with Crippen molar-refractivity contribution in [3.8, 4) is 5.75 Å². The Morgan fingerprint density at radius 1 is 1.31 bits per heavy atom. The van der Waals surface area contributed by atoms with E-state index in [1.165, 1.54) is 24.3 Å². The Hall–Kier alpha value is -1.72. The lowest BCUT2D eigenvalue weighted by Crippen LogP contribution is -2.28. The molecule has 0 aliphatic rings. The van der Waals surface area contributed by atoms with Gasteiger partial charge in [-0.05, 0) is 17.7 Å². The predicted molar refractivity (Wildman–Crippen MR) is 48.8 cm³/mol. The van der Waals surface area contributed by atoms with Crippen molar-refractivity contribution in [3.05, 3.63) is 29.8 Å². The van der Waals surface area contributed by atoms with E-state index in [1.807, 2.05) is 0 Å². The molecular weight excluding hydrogens is 225 g/mol. The van der Waals surface area contributed by atoms with Crippen molar-refractivity contribution in [1.82, 2.24) is 0 Å². The second kappa shape index (κ2) is 4.87. The first-order valence-electron chi connectivity index (χ1n) is 4.36. The van der Waals surface area contributed by atoms with Crippen LogP contribution in [0, 0.1) is 0 Å². The third kappa shape index (κ3) is 3.80. The van der Waals surface area contributed by atoms with Crippen LogP contribution in [0.5, 0.6) is 5.75 Å². The Morgan fingerprint density at radius 2 is 1.88 bits per heavy atom. The summed E-state index contributed by atoms with van der Waals surface area (Å²) in [6, 6.07) is 5.36. The van der Waals surface area contributed by atoms with Crippen molar-refractivity contribution >= 4 is 5.97 Å². The largest absolute Gasteiger partial charge is 0.508 e. The Labute approximate surface area is 89.5 Å². The minimum atomic E-state index is -4.08. The molecule has 88 valence electrons. The van der Waals surface area contributed by atoms with Crippen LogP contribution in [0.2, 0.25) is 0 Å². The molecule has 1 aromatic carbocycles. The van der Waals surface area contributed by atoms with Gasteiger partial charge in [0.25, 0.3) is 0 Å². The van der Waals surface area contributed by atoms with Crippen LogP contribution in [0.3, 0.4) is 0 Å². The van der Waals surface area contributed by atoms with E-state index in [9.17, 15) is 18.0 Å². The first-order chi connectivity index (χ1) is 7.43. The Kier molecular flexibility index (Phi) is 3.76. The van der Waals surface area contributed by atoms with Gasteiger partial charge in [-0.1, -0.05) is 12.1 Å². The molecule has 1 aromatic rings. The maximum atomic E-state index is 12.3. The van der Waals surface area contributed by atoms with E-state index in [-0.39, 0.29) is 5.75 Å². The van der Waals surface area contributed by atoms with Crippen LogP contribution < -0.4 is 0 Å². The number of carbonyl (C=O) groups excluding carboxylic acids is 1. The molecule has 0 fully saturated rings. The van der Waals surface area contributed by atoms with Crippen molar-refractivity contribution in [2.45, 2.75) is 12.5 Å². The van der Waals surface area contributed by atoms with E-state index < -0.39 is 25.2 Å². The molecule has 16 heavy (non-hydrogen) atoms. The minimum absolute atomic E-state index is 0.00814. The van der Waals surface area contributed by atoms with E-state index >= 15 is 0 Å². The van der Waals surface area contributed by atoms with Gasteiger partial charge in [-0.15, -0.1) is 0 Å². The highest BCUT2D eigenvalue weighted by Gasteiger charge is 2.33. The molecule has 0 saturated heterocycles. The smallest absolute Gasteiger partial charge is 0.429 e. The van der Waals surface area contributed by atoms with Gasteiger partial charge in [-0.3, -0.25) is 4.79 Å². The maximum Gasteiger partial charge on any atom is 0.429 e. The van der Waals surface area contributed by atoms with Crippen LogP contribution in [0.25, 0.3) is 0 Å². The second-order valence-electron chi connectivity index (χ2n) is 3.09. The minimum Gasteiger partial charge on any atom is -0.508 e. The summed E-state index contributed by atoms with van der Waals surface area (Å²) >= 11 is 0. The number of esters is 1. The number of phenols is 1. The molecule has 0 atom stereocenters. The molecule has 0 amide bonds. The van der Waals surface area contributed by atoms with E-state index in [4.69, 9.17) is 5.11 Å². The van der Waals surface area contributed by atoms with Gasteiger partial charge in [-0.2, -0.15) is 8.78 Å². The number of alkyl halides is 3. The summed E-state index contributed by atoms with van der Waals surface area (Å²) < 4.78 is 39.9. The molecule has 0 unspecified atom stereocenters. The zero-order valence-electron chi connectivity index (χ0n) is 8.12. The summed E-state index contributed by atoms with van der Waals surface area (Å²) in [7, 11) is 0. The molecule has 0 spiro atoms. The fraction of sp³-hybridized carbons (Fsp3) is 0.300. The van der Waals surface area contributed by atoms with Gasteiger partial charge in [0.05, 0.1) is 6.42 Å². The van der Waals surface area contributed by atoms with Crippen LogP contribution in [0.1, 0.15) is 5.56 Å². The summed E-state index contributed by atoms with van der Waals surface area (Å²) in [6.45, 7) is -2.05. The number of aromatic hydroxyl groups is 1. The van der Waals surface area contributed by atoms with Crippen molar-refractivity contribution in [1.29, 1.82) is 0 Å². The monoisotopic (exact) mass is 234 g/mol. The third-order valence-electron chi connectivity index (χ3n) is 1.70. The van der Waals surface area contributed by atoms with E-state index in [0.29, 0.717) is 5.56 Å². The average molecular weight is 234 g/mol. The number of halogens is 3. The summed E-state index contributed by atoms with van der Waals surface area (Å²) in [5, 5.41) is 8.93. The number of ether oxygens (including phenoxy) is 1. The van der Waals surface area contributed by atoms with Crippen LogP contribution in [0.15, 0.2) is 24.3 Å². The summed E-state index contributed by atoms with van der Waals surface area (Å²) in [5.74, 6) is -1.24. The maximum absolute atomic E-state index is 12.3. The first-order valence-corrected chi connectivity index (χ1v) is 4.36. The lowest BCUT2D eigenvalue weighted by molar-refractivity contribution is -0.237. The zero-order valence-corrected chi connectivity index (χ0v) is 8.12. The summed E-state index contributed by atoms with van der Waals surface area (Å²) in [4.78, 5) is 10.9. The molecule has 0 aliphatic carbocycles. The summed E-state index contributed by atoms with van der Waals surface area (Å²) in [5.41, 5.74) is 0.387. The number of hydrogen-bond donors (Lipinski definition) is 1. The van der Waals surface area contributed by atoms with Crippen molar-refractivity contribution in [2.75, 3.05) is 6.67 Å². The van der Waals surface area contributed by atoms with E-state index in [2.05, 4.69) is 4.74 Å². The Morgan fingerprint density at radius 3 is 2.38 bits per heavy atom. The topological polar surface area (TPSA) is 46.5 Å². The molecule has 0 aromatic heterocycles. The molecule has 0 heterocycles. The SMILES string of the molecule is O=C(Cc1ccc(O)cc1)OC(F)(F)CF. The van der Waals surface area contributed by atoms with Crippen LogP contribution in [-0.4, -0.2) is 23.9 Å². The van der Waals surface area contributed by atoms with Gasteiger partial charge in [0, 0.05) is 0 Å². The number of rotatable bonds is 4. The lowest BCUT2D eigenvalue weighted by Gasteiger charge is -2.12. The number of benzene rings is 1. The molecule has 1 N–H and O–H groups in total. The fourth-order valence-electron chi connectivity index (χ4n) is 1.01. The lowest BCUT2D eigenvalue weighted by atomic mass is 10.1. The highest BCUT2D eigenvalue weighted by atomic mass is 19.3. The van der Waals surface area contributed by atoms with Crippen LogP contribution in [-0.2, 0) is 16.0 Å². The van der Waals surface area contributed by atoms with Gasteiger partial charge in [0.2, 0.25) is 0 Å². The fourth-order valence-corrected chi connectivity index (χ4v) is 1.01. The quantitative estimate of drug-likeness (QED) is 0.811. The van der Waals surface area contributed by atoms with E-state index in [1.54, 1.807) is 0 Å². The Balaban J connectivity index is 2.55. The summed E-state index contributed by atoms with van der Waals surface area (Å²) in [6.07, 6.45) is -4.48. The Bertz CT molecular complexity index is 362. The normalized spacial score (nSPS) is 11.2. The van der Waals surface area contributed by atoms with Crippen molar-refractivity contribution < 1.29 is 27.8 Å². The second-order valence-corrected chi connectivity index (χ2v) is 3.09. The van der Waals surface area contributed by atoms with Gasteiger partial charge >= 0.3 is 12.1 Å². The molecule has 0 saturated carbocycles. The molecule has 6 heteroatoms. The van der Waals surface area contributed by atoms with Crippen molar-refractivity contribution in [2.24, 2.45) is 0 Å². The van der Waals surface area contributed by atoms with Gasteiger partial charge in [-0.25, -0.2) is 4.39 Å². The van der Waals surface area contributed by atoms with Crippen LogP contribution in [0.4, 0.5) is 13.2 Å². The number of hydrogen-bond acceptors (Lipinski definition) is 3. The molecule has 1 rings (SSSR count). The molecule has 0 aliphatic heterocycles. The van der Waals surface area contributed by atoms with Crippen LogP contribution >= 0.6 is 0 Å². The zero-order chi connectivity index (χ0) is 12.2. The molecule has 0 bridgehead atoms. The highest BCUT2D eigenvalue weighted by molar-refractivity contribution is 5.72. The standard InChI is InChI=1S/C10H9F3O3/c11-6-10(12,13)16-9(15)5-7-1-3-8(14)4-2-7/h1-4,14H,5-6H2. The predicted octanol–water partition coefficient (Wildman–Crippen LogP) is 2.04. The third-order valence-corrected chi connectivity index (χ3v) is 1.70. The average Bonchev–Trinajstić information content (AvgIpc) is 2.21. The molecule has 0 radical (unpaired) electrons.